The molecule has 0 radical (unpaired) electrons. The van der Waals surface area contributed by atoms with Gasteiger partial charge in [0.1, 0.15) is 23.1 Å². The third-order valence-corrected chi connectivity index (χ3v) is 3.82. The number of hydrogen-bond donors (Lipinski definition) is 2. The Kier molecular flexibility index (Phi) is 3.58. The molecule has 0 spiro atoms. The summed E-state index contributed by atoms with van der Waals surface area (Å²) in [7, 11) is -4.27. The zero-order valence-corrected chi connectivity index (χ0v) is 10.7. The Morgan fingerprint density at radius 1 is 0.950 bits per heavy atom. The summed E-state index contributed by atoms with van der Waals surface area (Å²) in [6, 6.07) is 5.54. The summed E-state index contributed by atoms with van der Waals surface area (Å²) >= 11 is 0. The summed E-state index contributed by atoms with van der Waals surface area (Å²) in [5, 5.41) is 0. The second kappa shape index (κ2) is 5.04. The Morgan fingerprint density at radius 3 is 2.10 bits per heavy atom. The van der Waals surface area contributed by atoms with Crippen molar-refractivity contribution in [3.63, 3.8) is 0 Å². The monoisotopic (exact) mass is 302 g/mol. The molecule has 0 unspecified atom stereocenters. The zero-order chi connectivity index (χ0) is 14.9. The molecule has 2 aromatic carbocycles. The van der Waals surface area contributed by atoms with Gasteiger partial charge in [0.25, 0.3) is 10.0 Å². The van der Waals surface area contributed by atoms with Gasteiger partial charge in [-0.15, -0.1) is 0 Å². The van der Waals surface area contributed by atoms with Gasteiger partial charge in [0.2, 0.25) is 0 Å². The van der Waals surface area contributed by atoms with E-state index in [1.807, 2.05) is 0 Å². The molecule has 0 bridgehead atoms. The van der Waals surface area contributed by atoms with E-state index in [-0.39, 0.29) is 5.69 Å². The smallest absolute Gasteiger partial charge is 0.262 e. The average Bonchev–Trinajstić information content (AvgIpc) is 2.37. The van der Waals surface area contributed by atoms with E-state index < -0.39 is 38.1 Å². The molecule has 8 heteroatoms. The summed E-state index contributed by atoms with van der Waals surface area (Å²) in [6.07, 6.45) is 0. The fraction of sp³-hybridized carbons (Fsp3) is 0. The number of halogens is 3. The van der Waals surface area contributed by atoms with Crippen LogP contribution in [0.15, 0.2) is 41.3 Å². The van der Waals surface area contributed by atoms with Gasteiger partial charge in [-0.25, -0.2) is 21.6 Å². The maximum Gasteiger partial charge on any atom is 0.262 e. The number of sulfonamides is 1. The van der Waals surface area contributed by atoms with E-state index in [0.29, 0.717) is 0 Å². The van der Waals surface area contributed by atoms with Gasteiger partial charge < -0.3 is 5.73 Å². The lowest BCUT2D eigenvalue weighted by Gasteiger charge is -2.10. The predicted molar refractivity (Wildman–Crippen MR) is 68.0 cm³/mol. The number of nitrogens with one attached hydrogen (secondary N) is 1. The fourth-order valence-electron chi connectivity index (χ4n) is 1.48. The summed E-state index contributed by atoms with van der Waals surface area (Å²) in [4.78, 5) is -0.404. The Morgan fingerprint density at radius 2 is 1.55 bits per heavy atom. The molecule has 0 aliphatic heterocycles. The highest BCUT2D eigenvalue weighted by atomic mass is 32.2. The van der Waals surface area contributed by atoms with Crippen LogP contribution in [0.5, 0.6) is 0 Å². The van der Waals surface area contributed by atoms with Crippen LogP contribution in [0, 0.1) is 17.5 Å². The van der Waals surface area contributed by atoms with Gasteiger partial charge in [0.15, 0.2) is 0 Å². The van der Waals surface area contributed by atoms with E-state index in [1.54, 1.807) is 4.72 Å². The number of anilines is 2. The topological polar surface area (TPSA) is 72.2 Å². The first-order chi connectivity index (χ1) is 9.31. The van der Waals surface area contributed by atoms with E-state index in [2.05, 4.69) is 0 Å². The molecule has 3 N–H and O–H groups in total. The number of rotatable bonds is 3. The third-order valence-electron chi connectivity index (χ3n) is 2.48. The maximum absolute atomic E-state index is 13.4. The van der Waals surface area contributed by atoms with Crippen LogP contribution in [0.2, 0.25) is 0 Å². The van der Waals surface area contributed by atoms with E-state index in [1.165, 1.54) is 0 Å². The number of para-hydroxylation sites is 1. The SMILES string of the molecule is Nc1cc(S(=O)(=O)Nc2c(F)cccc2F)ccc1F. The quantitative estimate of drug-likeness (QED) is 0.856. The van der Waals surface area contributed by atoms with Gasteiger partial charge in [-0.1, -0.05) is 6.07 Å². The standard InChI is InChI=1S/C12H9F3N2O2S/c13-8-5-4-7(6-11(8)16)20(18,19)17-12-9(14)2-1-3-10(12)15/h1-6,17H,16H2. The highest BCUT2D eigenvalue weighted by Crippen LogP contribution is 2.23. The first kappa shape index (κ1) is 14.2. The van der Waals surface area contributed by atoms with Crippen LogP contribution in [0.25, 0.3) is 0 Å². The number of benzene rings is 2. The molecule has 0 atom stereocenters. The average molecular weight is 302 g/mol. The molecule has 106 valence electrons. The molecular weight excluding hydrogens is 293 g/mol. The van der Waals surface area contributed by atoms with Gasteiger partial charge in [-0.2, -0.15) is 0 Å². The molecule has 2 rings (SSSR count). The van der Waals surface area contributed by atoms with Crippen molar-refractivity contribution in [2.24, 2.45) is 0 Å². The minimum atomic E-state index is -4.27. The Labute approximate surface area is 113 Å². The van der Waals surface area contributed by atoms with Crippen LogP contribution >= 0.6 is 0 Å². The Bertz CT molecular complexity index is 743. The van der Waals surface area contributed by atoms with Crippen molar-refractivity contribution in [1.29, 1.82) is 0 Å². The zero-order valence-electron chi connectivity index (χ0n) is 9.90. The maximum atomic E-state index is 13.4. The van der Waals surface area contributed by atoms with Gasteiger partial charge in [0.05, 0.1) is 10.6 Å². The number of nitrogens with two attached hydrogens (primary N) is 1. The van der Waals surface area contributed by atoms with E-state index in [0.717, 1.165) is 36.4 Å². The summed E-state index contributed by atoms with van der Waals surface area (Å²) in [5.74, 6) is -2.92. The molecule has 0 aromatic heterocycles. The second-order valence-electron chi connectivity index (χ2n) is 3.89. The molecule has 0 saturated carbocycles. The predicted octanol–water partition coefficient (Wildman–Crippen LogP) is 2.49. The minimum absolute atomic E-state index is 0.387. The van der Waals surface area contributed by atoms with Crippen LogP contribution in [0.3, 0.4) is 0 Å². The molecule has 0 fully saturated rings. The van der Waals surface area contributed by atoms with Crippen molar-refractivity contribution in [1.82, 2.24) is 0 Å². The fourth-order valence-corrected chi connectivity index (χ4v) is 2.59. The van der Waals surface area contributed by atoms with Crippen LogP contribution in [0.1, 0.15) is 0 Å². The highest BCUT2D eigenvalue weighted by Gasteiger charge is 2.19. The van der Waals surface area contributed by atoms with Gasteiger partial charge in [-0.3, -0.25) is 4.72 Å². The van der Waals surface area contributed by atoms with Crippen LogP contribution < -0.4 is 10.5 Å². The normalized spacial score (nSPS) is 11.3. The largest absolute Gasteiger partial charge is 0.396 e. The van der Waals surface area contributed by atoms with Crippen molar-refractivity contribution in [2.75, 3.05) is 10.5 Å². The number of hydrogen-bond acceptors (Lipinski definition) is 3. The lowest BCUT2D eigenvalue weighted by Crippen LogP contribution is -2.15. The van der Waals surface area contributed by atoms with Crippen molar-refractivity contribution in [2.45, 2.75) is 4.90 Å². The van der Waals surface area contributed by atoms with Crippen molar-refractivity contribution in [3.05, 3.63) is 53.8 Å². The minimum Gasteiger partial charge on any atom is -0.396 e. The molecule has 20 heavy (non-hydrogen) atoms. The van der Waals surface area contributed by atoms with Crippen LogP contribution in [-0.2, 0) is 10.0 Å². The van der Waals surface area contributed by atoms with E-state index >= 15 is 0 Å². The molecular formula is C12H9F3N2O2S. The lowest BCUT2D eigenvalue weighted by molar-refractivity contribution is 0.582. The Hall–Kier alpha value is -2.22. The summed E-state index contributed by atoms with van der Waals surface area (Å²) in [5.41, 5.74) is 4.06. The van der Waals surface area contributed by atoms with Gasteiger partial charge in [-0.05, 0) is 30.3 Å². The first-order valence-corrected chi connectivity index (χ1v) is 6.81. The van der Waals surface area contributed by atoms with Crippen LogP contribution in [-0.4, -0.2) is 8.42 Å². The van der Waals surface area contributed by atoms with Crippen molar-refractivity contribution >= 4 is 21.4 Å². The first-order valence-electron chi connectivity index (χ1n) is 5.33. The second-order valence-corrected chi connectivity index (χ2v) is 5.57. The molecule has 0 heterocycles. The lowest BCUT2D eigenvalue weighted by atomic mass is 10.3. The van der Waals surface area contributed by atoms with E-state index in [9.17, 15) is 21.6 Å². The molecule has 0 aliphatic carbocycles. The molecule has 0 saturated heterocycles. The van der Waals surface area contributed by atoms with Crippen LogP contribution in [0.4, 0.5) is 24.5 Å². The van der Waals surface area contributed by atoms with Gasteiger partial charge >= 0.3 is 0 Å². The van der Waals surface area contributed by atoms with E-state index in [4.69, 9.17) is 5.73 Å². The molecule has 0 amide bonds. The summed E-state index contributed by atoms with van der Waals surface area (Å²) < 4.78 is 65.4. The Balaban J connectivity index is 2.43. The van der Waals surface area contributed by atoms with Crippen molar-refractivity contribution in [3.8, 4) is 0 Å². The molecule has 0 aliphatic rings. The third kappa shape index (κ3) is 2.69. The molecule has 2 aromatic rings. The number of nitrogen functional groups attached to an aromatic ring is 1. The van der Waals surface area contributed by atoms with Gasteiger partial charge in [0, 0.05) is 0 Å². The summed E-state index contributed by atoms with van der Waals surface area (Å²) in [6.45, 7) is 0. The van der Waals surface area contributed by atoms with Crippen molar-refractivity contribution < 1.29 is 21.6 Å². The molecule has 4 nitrogen and oxygen atoms in total. The highest BCUT2D eigenvalue weighted by molar-refractivity contribution is 7.92.